The first kappa shape index (κ1) is 25.0. The van der Waals surface area contributed by atoms with Gasteiger partial charge in [0.1, 0.15) is 18.5 Å². The summed E-state index contributed by atoms with van der Waals surface area (Å²) in [7, 11) is 0. The summed E-state index contributed by atoms with van der Waals surface area (Å²) in [4.78, 5) is 13.8. The molecule has 2 aromatic carbocycles. The van der Waals surface area contributed by atoms with E-state index in [1.807, 2.05) is 12.1 Å². The molecule has 1 amide bonds. The van der Waals surface area contributed by atoms with Crippen LogP contribution >= 0.6 is 15.9 Å². The summed E-state index contributed by atoms with van der Waals surface area (Å²) >= 11 is 3.46. The fourth-order valence-electron chi connectivity index (χ4n) is 5.20. The van der Waals surface area contributed by atoms with Gasteiger partial charge in [0.25, 0.3) is 0 Å². The van der Waals surface area contributed by atoms with Crippen molar-refractivity contribution in [3.63, 3.8) is 0 Å². The van der Waals surface area contributed by atoms with Crippen molar-refractivity contribution in [3.05, 3.63) is 64.1 Å². The summed E-state index contributed by atoms with van der Waals surface area (Å²) in [6.07, 6.45) is 1.20. The van der Waals surface area contributed by atoms with E-state index in [1.54, 1.807) is 0 Å². The number of nitrogens with zero attached hydrogens (tertiary/aromatic N) is 1. The molecule has 1 saturated heterocycles. The Bertz CT molecular complexity index is 959. The average molecular weight is 531 g/mol. The quantitative estimate of drug-likeness (QED) is 0.474. The highest BCUT2D eigenvalue weighted by atomic mass is 79.9. The molecule has 34 heavy (non-hydrogen) atoms. The fourth-order valence-corrected chi connectivity index (χ4v) is 5.46. The van der Waals surface area contributed by atoms with Crippen LogP contribution in [0.2, 0.25) is 0 Å². The van der Waals surface area contributed by atoms with E-state index in [-0.39, 0.29) is 17.6 Å². The van der Waals surface area contributed by atoms with Gasteiger partial charge < -0.3 is 20.5 Å². The molecule has 1 heterocycles. The Morgan fingerprint density at radius 2 is 1.85 bits per heavy atom. The Kier molecular flexibility index (Phi) is 7.85. The summed E-state index contributed by atoms with van der Waals surface area (Å²) in [5.74, 6) is 1.45. The van der Waals surface area contributed by atoms with Crippen molar-refractivity contribution in [1.82, 2.24) is 10.2 Å². The monoisotopic (exact) mass is 529 g/mol. The topological polar surface area (TPSA) is 76.8 Å². The number of ether oxygens (including phenoxy) is 2. The molecule has 0 radical (unpaired) electrons. The lowest BCUT2D eigenvalue weighted by Crippen LogP contribution is -2.48. The molecule has 2 fully saturated rings. The maximum Gasteiger partial charge on any atom is 0.404 e. The lowest BCUT2D eigenvalue weighted by atomic mass is 9.83. The standard InChI is InChI=1S/C27H36BrN3O3/c1-27(2,3)25-24(34-26(29)32)12-14-31(25)15-13-30-23-16-22(23)19-6-10-21(11-7-19)33-17-18-4-8-20(28)9-5-18/h4-11,22-25,30H,12-17H2,1-3H3,(H2,29,32)/t22-,23+,24?,25-/m0/s1. The van der Waals surface area contributed by atoms with Crippen molar-refractivity contribution >= 4 is 22.0 Å². The number of hydrogen-bond donors (Lipinski definition) is 2. The normalized spacial score (nSPS) is 24.7. The summed E-state index contributed by atoms with van der Waals surface area (Å²) in [5, 5.41) is 3.72. The third-order valence-electron chi connectivity index (χ3n) is 6.82. The summed E-state index contributed by atoms with van der Waals surface area (Å²) < 4.78 is 12.4. The van der Waals surface area contributed by atoms with Crippen LogP contribution in [0.4, 0.5) is 4.79 Å². The molecular weight excluding hydrogens is 494 g/mol. The number of amides is 1. The highest BCUT2D eigenvalue weighted by Gasteiger charge is 2.44. The van der Waals surface area contributed by atoms with Crippen molar-refractivity contribution in [3.8, 4) is 5.75 Å². The molecule has 7 heteroatoms. The van der Waals surface area contributed by atoms with E-state index < -0.39 is 6.09 Å². The number of benzene rings is 2. The smallest absolute Gasteiger partial charge is 0.404 e. The number of likely N-dealkylation sites (tertiary alicyclic amines) is 1. The van der Waals surface area contributed by atoms with Crippen molar-refractivity contribution in [2.45, 2.75) is 64.3 Å². The van der Waals surface area contributed by atoms with Gasteiger partial charge in [0, 0.05) is 36.1 Å². The van der Waals surface area contributed by atoms with E-state index in [1.165, 1.54) is 5.56 Å². The van der Waals surface area contributed by atoms with Gasteiger partial charge in [-0.2, -0.15) is 0 Å². The second-order valence-electron chi connectivity index (χ2n) is 10.5. The molecule has 1 saturated carbocycles. The Labute approximate surface area is 211 Å². The highest BCUT2D eigenvalue weighted by Crippen LogP contribution is 2.41. The Hall–Kier alpha value is -2.09. The molecule has 4 rings (SSSR count). The van der Waals surface area contributed by atoms with Crippen LogP contribution in [0.5, 0.6) is 5.75 Å². The number of carbonyl (C=O) groups excluding carboxylic acids is 1. The largest absolute Gasteiger partial charge is 0.489 e. The van der Waals surface area contributed by atoms with E-state index in [0.29, 0.717) is 18.6 Å². The molecule has 1 unspecified atom stereocenters. The molecule has 1 aliphatic heterocycles. The number of halogens is 1. The maximum atomic E-state index is 11.3. The molecule has 184 valence electrons. The van der Waals surface area contributed by atoms with Crippen LogP contribution in [0.3, 0.4) is 0 Å². The number of carbonyl (C=O) groups is 1. The second kappa shape index (κ2) is 10.7. The molecule has 0 bridgehead atoms. The predicted molar refractivity (Wildman–Crippen MR) is 138 cm³/mol. The van der Waals surface area contributed by atoms with Crippen LogP contribution in [0.15, 0.2) is 53.0 Å². The van der Waals surface area contributed by atoms with Crippen LogP contribution in [-0.4, -0.2) is 48.8 Å². The third kappa shape index (κ3) is 6.52. The van der Waals surface area contributed by atoms with Crippen LogP contribution in [0.25, 0.3) is 0 Å². The van der Waals surface area contributed by atoms with Crippen LogP contribution in [0.1, 0.15) is 50.7 Å². The Balaban J connectivity index is 1.21. The molecule has 6 nitrogen and oxygen atoms in total. The van der Waals surface area contributed by atoms with Crippen LogP contribution in [-0.2, 0) is 11.3 Å². The van der Waals surface area contributed by atoms with Crippen molar-refractivity contribution < 1.29 is 14.3 Å². The maximum absolute atomic E-state index is 11.3. The summed E-state index contributed by atoms with van der Waals surface area (Å²) in [6.45, 7) is 9.95. The van der Waals surface area contributed by atoms with Gasteiger partial charge in [0.2, 0.25) is 0 Å². The average Bonchev–Trinajstić information content (AvgIpc) is 3.44. The number of nitrogens with two attached hydrogens (primary N) is 1. The van der Waals surface area contributed by atoms with Gasteiger partial charge in [-0.3, -0.25) is 4.90 Å². The SMILES string of the molecule is CC(C)(C)[C@@H]1C(OC(N)=O)CCN1CCN[C@@H]1C[C@H]1c1ccc(OCc2ccc(Br)cc2)cc1. The molecular formula is C27H36BrN3O3. The van der Waals surface area contributed by atoms with E-state index in [2.05, 4.69) is 83.3 Å². The molecule has 1 aliphatic carbocycles. The van der Waals surface area contributed by atoms with Gasteiger partial charge in [0.05, 0.1) is 6.04 Å². The minimum Gasteiger partial charge on any atom is -0.489 e. The van der Waals surface area contributed by atoms with Crippen LogP contribution < -0.4 is 15.8 Å². The van der Waals surface area contributed by atoms with Gasteiger partial charge in [-0.15, -0.1) is 0 Å². The molecule has 0 spiro atoms. The van der Waals surface area contributed by atoms with E-state index in [9.17, 15) is 4.79 Å². The number of hydrogen-bond acceptors (Lipinski definition) is 5. The van der Waals surface area contributed by atoms with Gasteiger partial charge in [-0.1, -0.05) is 61.0 Å². The number of primary amides is 1. The first-order valence-electron chi connectivity index (χ1n) is 12.1. The van der Waals surface area contributed by atoms with Gasteiger partial charge >= 0.3 is 6.09 Å². The van der Waals surface area contributed by atoms with Gasteiger partial charge in [-0.25, -0.2) is 4.79 Å². The lowest BCUT2D eigenvalue weighted by Gasteiger charge is -2.37. The predicted octanol–water partition coefficient (Wildman–Crippen LogP) is 5.06. The first-order valence-corrected chi connectivity index (χ1v) is 12.9. The van der Waals surface area contributed by atoms with Gasteiger partial charge in [-0.05, 0) is 53.6 Å². The van der Waals surface area contributed by atoms with Crippen LogP contribution in [0, 0.1) is 5.41 Å². The van der Waals surface area contributed by atoms with E-state index >= 15 is 0 Å². The molecule has 4 atom stereocenters. The Morgan fingerprint density at radius 1 is 1.15 bits per heavy atom. The number of rotatable bonds is 9. The molecule has 2 aliphatic rings. The fraction of sp³-hybridized carbons (Fsp3) is 0.519. The first-order chi connectivity index (χ1) is 16.2. The van der Waals surface area contributed by atoms with Crippen molar-refractivity contribution in [2.75, 3.05) is 19.6 Å². The van der Waals surface area contributed by atoms with Crippen molar-refractivity contribution in [1.29, 1.82) is 0 Å². The minimum atomic E-state index is -0.676. The third-order valence-corrected chi connectivity index (χ3v) is 7.35. The van der Waals surface area contributed by atoms with E-state index in [4.69, 9.17) is 15.2 Å². The summed E-state index contributed by atoms with van der Waals surface area (Å²) in [6, 6.07) is 17.4. The second-order valence-corrected chi connectivity index (χ2v) is 11.4. The van der Waals surface area contributed by atoms with Crippen molar-refractivity contribution in [2.24, 2.45) is 11.1 Å². The lowest BCUT2D eigenvalue weighted by molar-refractivity contribution is 0.0312. The summed E-state index contributed by atoms with van der Waals surface area (Å²) in [5.41, 5.74) is 7.82. The minimum absolute atomic E-state index is 0.0138. The molecule has 3 N–H and O–H groups in total. The molecule has 2 aromatic rings. The molecule has 0 aromatic heterocycles. The Morgan fingerprint density at radius 3 is 2.50 bits per heavy atom. The zero-order valence-corrected chi connectivity index (χ0v) is 21.9. The zero-order chi connectivity index (χ0) is 24.3. The zero-order valence-electron chi connectivity index (χ0n) is 20.3. The highest BCUT2D eigenvalue weighted by molar-refractivity contribution is 9.10. The van der Waals surface area contributed by atoms with Gasteiger partial charge in [0.15, 0.2) is 0 Å². The van der Waals surface area contributed by atoms with E-state index in [0.717, 1.165) is 48.3 Å². The number of nitrogens with one attached hydrogen (secondary N) is 1.